The van der Waals surface area contributed by atoms with Crippen molar-refractivity contribution in [2.75, 3.05) is 10.5 Å². The van der Waals surface area contributed by atoms with Crippen LogP contribution in [0, 0.1) is 13.8 Å². The van der Waals surface area contributed by atoms with Crippen LogP contribution in [0.2, 0.25) is 0 Å². The number of hydrogen-bond acceptors (Lipinski definition) is 4. The predicted octanol–water partition coefficient (Wildman–Crippen LogP) is 1.41. The smallest absolute Gasteiger partial charge is 0.263 e. The summed E-state index contributed by atoms with van der Waals surface area (Å²) in [5, 5.41) is 6.48. The van der Waals surface area contributed by atoms with Crippen LogP contribution >= 0.6 is 0 Å². The van der Waals surface area contributed by atoms with E-state index in [1.165, 1.54) is 12.1 Å². The number of aryl methyl sites for hydroxylation is 2. The summed E-state index contributed by atoms with van der Waals surface area (Å²) in [7, 11) is -3.65. The Labute approximate surface area is 105 Å². The van der Waals surface area contributed by atoms with Crippen LogP contribution < -0.4 is 10.5 Å². The van der Waals surface area contributed by atoms with Crippen LogP contribution in [0.4, 0.5) is 11.5 Å². The molecule has 0 atom stereocenters. The maximum absolute atomic E-state index is 12.1. The van der Waals surface area contributed by atoms with Gasteiger partial charge in [0.1, 0.15) is 0 Å². The second-order valence-corrected chi connectivity index (χ2v) is 5.74. The molecular formula is C11H14N4O2S. The van der Waals surface area contributed by atoms with Gasteiger partial charge in [0.2, 0.25) is 0 Å². The number of nitrogens with zero attached hydrogens (tertiary/aromatic N) is 1. The summed E-state index contributed by atoms with van der Waals surface area (Å²) < 4.78 is 26.5. The number of aromatic amines is 1. The molecule has 0 aliphatic carbocycles. The Morgan fingerprint density at radius 2 is 2.00 bits per heavy atom. The van der Waals surface area contributed by atoms with Gasteiger partial charge in [0.05, 0.1) is 4.90 Å². The average molecular weight is 266 g/mol. The van der Waals surface area contributed by atoms with Crippen molar-refractivity contribution in [3.63, 3.8) is 0 Å². The van der Waals surface area contributed by atoms with Crippen LogP contribution in [0.25, 0.3) is 0 Å². The summed E-state index contributed by atoms with van der Waals surface area (Å²) in [6, 6.07) is 6.21. The Kier molecular flexibility index (Phi) is 3.00. The second-order valence-electron chi connectivity index (χ2n) is 4.06. The SMILES string of the molecule is Cc1cc(NS(=O)(=O)c2ccc(C)c(N)c2)n[nH]1. The van der Waals surface area contributed by atoms with Gasteiger partial charge in [0, 0.05) is 17.4 Å². The normalized spacial score (nSPS) is 11.4. The number of hydrogen-bond donors (Lipinski definition) is 3. The van der Waals surface area contributed by atoms with Crippen molar-refractivity contribution in [1.82, 2.24) is 10.2 Å². The molecule has 1 heterocycles. The van der Waals surface area contributed by atoms with Gasteiger partial charge in [-0.15, -0.1) is 0 Å². The lowest BCUT2D eigenvalue weighted by Crippen LogP contribution is -2.13. The number of nitrogen functional groups attached to an aromatic ring is 1. The molecular weight excluding hydrogens is 252 g/mol. The van der Waals surface area contributed by atoms with Gasteiger partial charge in [-0.05, 0) is 31.5 Å². The van der Waals surface area contributed by atoms with E-state index in [1.54, 1.807) is 19.1 Å². The van der Waals surface area contributed by atoms with Crippen LogP contribution in [0.3, 0.4) is 0 Å². The third-order valence-electron chi connectivity index (χ3n) is 2.51. The lowest BCUT2D eigenvalue weighted by atomic mass is 10.2. The molecule has 0 radical (unpaired) electrons. The fraction of sp³-hybridized carbons (Fsp3) is 0.182. The molecule has 0 saturated heterocycles. The highest BCUT2D eigenvalue weighted by Gasteiger charge is 2.16. The van der Waals surface area contributed by atoms with Gasteiger partial charge >= 0.3 is 0 Å². The van der Waals surface area contributed by atoms with Crippen LogP contribution in [-0.2, 0) is 10.0 Å². The largest absolute Gasteiger partial charge is 0.398 e. The molecule has 96 valence electrons. The maximum atomic E-state index is 12.1. The number of nitrogens with two attached hydrogens (primary N) is 1. The highest BCUT2D eigenvalue weighted by molar-refractivity contribution is 7.92. The molecule has 0 amide bonds. The Balaban J connectivity index is 2.33. The first-order chi connectivity index (χ1) is 8.38. The minimum absolute atomic E-state index is 0.117. The molecule has 7 heteroatoms. The lowest BCUT2D eigenvalue weighted by Gasteiger charge is -2.07. The van der Waals surface area contributed by atoms with E-state index in [0.29, 0.717) is 5.69 Å². The lowest BCUT2D eigenvalue weighted by molar-refractivity contribution is 0.601. The number of nitrogens with one attached hydrogen (secondary N) is 2. The van der Waals surface area contributed by atoms with E-state index < -0.39 is 10.0 Å². The summed E-state index contributed by atoms with van der Waals surface area (Å²) in [6.07, 6.45) is 0. The van der Waals surface area contributed by atoms with Crippen molar-refractivity contribution < 1.29 is 8.42 Å². The van der Waals surface area contributed by atoms with Crippen LogP contribution in [-0.4, -0.2) is 18.6 Å². The van der Waals surface area contributed by atoms with Gasteiger partial charge in [-0.3, -0.25) is 9.82 Å². The van der Waals surface area contributed by atoms with Crippen LogP contribution in [0.5, 0.6) is 0 Å². The van der Waals surface area contributed by atoms with Crippen molar-refractivity contribution in [3.8, 4) is 0 Å². The highest BCUT2D eigenvalue weighted by Crippen LogP contribution is 2.19. The summed E-state index contributed by atoms with van der Waals surface area (Å²) in [4.78, 5) is 0.117. The van der Waals surface area contributed by atoms with Gasteiger partial charge in [-0.1, -0.05) is 6.07 Å². The molecule has 6 nitrogen and oxygen atoms in total. The molecule has 4 N–H and O–H groups in total. The molecule has 0 fully saturated rings. The van der Waals surface area contributed by atoms with Gasteiger partial charge < -0.3 is 5.73 Å². The molecule has 2 aromatic rings. The molecule has 0 bridgehead atoms. The third-order valence-corrected chi connectivity index (χ3v) is 3.86. The van der Waals surface area contributed by atoms with Gasteiger partial charge in [0.15, 0.2) is 5.82 Å². The molecule has 2 rings (SSSR count). The Hall–Kier alpha value is -2.02. The number of H-pyrrole nitrogens is 1. The first-order valence-corrected chi connectivity index (χ1v) is 6.78. The fourth-order valence-electron chi connectivity index (χ4n) is 1.45. The monoisotopic (exact) mass is 266 g/mol. The van der Waals surface area contributed by atoms with Crippen LogP contribution in [0.1, 0.15) is 11.3 Å². The molecule has 18 heavy (non-hydrogen) atoms. The third kappa shape index (κ3) is 2.45. The zero-order chi connectivity index (χ0) is 13.3. The minimum Gasteiger partial charge on any atom is -0.398 e. The Morgan fingerprint density at radius 1 is 1.28 bits per heavy atom. The molecule has 0 aliphatic rings. The number of aromatic nitrogens is 2. The predicted molar refractivity (Wildman–Crippen MR) is 69.7 cm³/mol. The van der Waals surface area contributed by atoms with Crippen molar-refractivity contribution in [3.05, 3.63) is 35.5 Å². The topological polar surface area (TPSA) is 101 Å². The second kappa shape index (κ2) is 4.34. The molecule has 0 aliphatic heterocycles. The zero-order valence-electron chi connectivity index (χ0n) is 10.1. The summed E-state index contributed by atoms with van der Waals surface area (Å²) in [6.45, 7) is 3.60. The van der Waals surface area contributed by atoms with E-state index in [0.717, 1.165) is 11.3 Å². The van der Waals surface area contributed by atoms with Gasteiger partial charge in [0.25, 0.3) is 10.0 Å². The number of sulfonamides is 1. The van der Waals surface area contributed by atoms with E-state index in [1.807, 2.05) is 6.92 Å². The van der Waals surface area contributed by atoms with E-state index in [4.69, 9.17) is 5.73 Å². The summed E-state index contributed by atoms with van der Waals surface area (Å²) >= 11 is 0. The van der Waals surface area contributed by atoms with E-state index in [9.17, 15) is 8.42 Å². The molecule has 0 saturated carbocycles. The number of rotatable bonds is 3. The van der Waals surface area contributed by atoms with Crippen molar-refractivity contribution in [2.24, 2.45) is 0 Å². The standard InChI is InChI=1S/C11H14N4O2S/c1-7-3-4-9(6-10(7)12)18(16,17)15-11-5-8(2)13-14-11/h3-6H,12H2,1-2H3,(H2,13,14,15). The van der Waals surface area contributed by atoms with Crippen LogP contribution in [0.15, 0.2) is 29.2 Å². The molecule has 0 unspecified atom stereocenters. The zero-order valence-corrected chi connectivity index (χ0v) is 10.9. The number of anilines is 2. The average Bonchev–Trinajstić information content (AvgIpc) is 2.67. The van der Waals surface area contributed by atoms with Crippen molar-refractivity contribution in [1.29, 1.82) is 0 Å². The maximum Gasteiger partial charge on any atom is 0.263 e. The fourth-order valence-corrected chi connectivity index (χ4v) is 2.48. The Bertz CT molecular complexity index is 676. The molecule has 1 aromatic heterocycles. The van der Waals surface area contributed by atoms with Crippen molar-refractivity contribution >= 4 is 21.5 Å². The van der Waals surface area contributed by atoms with E-state index >= 15 is 0 Å². The highest BCUT2D eigenvalue weighted by atomic mass is 32.2. The summed E-state index contributed by atoms with van der Waals surface area (Å²) in [5.74, 6) is 0.256. The minimum atomic E-state index is -3.65. The molecule has 1 aromatic carbocycles. The quantitative estimate of drug-likeness (QED) is 0.731. The number of benzene rings is 1. The molecule has 0 spiro atoms. The first-order valence-electron chi connectivity index (χ1n) is 5.29. The van der Waals surface area contributed by atoms with Gasteiger partial charge in [-0.2, -0.15) is 5.10 Å². The van der Waals surface area contributed by atoms with Gasteiger partial charge in [-0.25, -0.2) is 8.42 Å². The van der Waals surface area contributed by atoms with E-state index in [-0.39, 0.29) is 10.7 Å². The first kappa shape index (κ1) is 12.4. The summed E-state index contributed by atoms with van der Waals surface area (Å²) in [5.41, 5.74) is 7.75. The van der Waals surface area contributed by atoms with Crippen molar-refractivity contribution in [2.45, 2.75) is 18.7 Å². The Morgan fingerprint density at radius 3 is 2.56 bits per heavy atom. The van der Waals surface area contributed by atoms with E-state index in [2.05, 4.69) is 14.9 Å².